The van der Waals surface area contributed by atoms with Gasteiger partial charge in [-0.05, 0) is 92.7 Å². The molecule has 2 nitrogen and oxygen atoms in total. The first-order valence-corrected chi connectivity index (χ1v) is 9.86. The summed E-state index contributed by atoms with van der Waals surface area (Å²) in [5, 5.41) is 8.64. The molecule has 146 valence electrons. The van der Waals surface area contributed by atoms with Crippen LogP contribution in [0.5, 0.6) is 5.75 Å². The monoisotopic (exact) mass is 377 g/mol. The van der Waals surface area contributed by atoms with Crippen LogP contribution in [-0.4, -0.2) is 6.36 Å². The Balaban J connectivity index is 1.47. The molecule has 0 atom stereocenters. The van der Waals surface area contributed by atoms with Gasteiger partial charge in [0.15, 0.2) is 0 Å². The molecule has 0 spiro atoms. The normalized spacial score (nSPS) is 29.4. The molecule has 0 N–H and O–H groups in total. The quantitative estimate of drug-likeness (QED) is 0.544. The third-order valence-electron chi connectivity index (χ3n) is 6.28. The van der Waals surface area contributed by atoms with Crippen molar-refractivity contribution in [1.82, 2.24) is 0 Å². The van der Waals surface area contributed by atoms with E-state index in [0.717, 1.165) is 30.2 Å². The van der Waals surface area contributed by atoms with E-state index in [-0.39, 0.29) is 5.75 Å². The summed E-state index contributed by atoms with van der Waals surface area (Å²) < 4.78 is 40.7. The number of halogens is 3. The maximum atomic E-state index is 12.3. The van der Waals surface area contributed by atoms with Crippen molar-refractivity contribution < 1.29 is 17.9 Å². The zero-order chi connectivity index (χ0) is 19.3. The molecule has 2 fully saturated rings. The van der Waals surface area contributed by atoms with Crippen molar-refractivity contribution in [3.8, 4) is 11.8 Å². The Morgan fingerprint density at radius 3 is 1.96 bits per heavy atom. The first-order valence-electron chi connectivity index (χ1n) is 9.86. The minimum atomic E-state index is -4.64. The molecule has 1 aromatic carbocycles. The van der Waals surface area contributed by atoms with Gasteiger partial charge in [0.25, 0.3) is 0 Å². The third kappa shape index (κ3) is 5.76. The maximum Gasteiger partial charge on any atom is 0.573 e. The van der Waals surface area contributed by atoms with Gasteiger partial charge in [0.05, 0.1) is 6.07 Å². The van der Waals surface area contributed by atoms with E-state index in [1.807, 2.05) is 0 Å². The highest BCUT2D eigenvalue weighted by molar-refractivity contribution is 5.29. The molecule has 5 heteroatoms. The standard InChI is InChI=1S/C22H26F3NO/c23-22(24,25)27-21-13-11-20(12-14-21)19-9-7-18(8-10-19)17-5-3-16(4-6-17)2-1-15-26/h1-2,11-14,16-19H,3-10H2/b2-1+/t16?,17?,18-,19-. The highest BCUT2D eigenvalue weighted by atomic mass is 19.4. The Hall–Kier alpha value is -1.96. The van der Waals surface area contributed by atoms with Crippen molar-refractivity contribution in [1.29, 1.82) is 5.26 Å². The fourth-order valence-electron chi connectivity index (χ4n) is 4.85. The number of hydrogen-bond acceptors (Lipinski definition) is 2. The van der Waals surface area contributed by atoms with Gasteiger partial charge in [-0.15, -0.1) is 13.2 Å². The molecule has 27 heavy (non-hydrogen) atoms. The lowest BCUT2D eigenvalue weighted by molar-refractivity contribution is -0.274. The zero-order valence-electron chi connectivity index (χ0n) is 15.4. The minimum Gasteiger partial charge on any atom is -0.406 e. The summed E-state index contributed by atoms with van der Waals surface area (Å²) in [7, 11) is 0. The van der Waals surface area contributed by atoms with Crippen molar-refractivity contribution in [2.75, 3.05) is 0 Å². The van der Waals surface area contributed by atoms with Crippen LogP contribution in [0.3, 0.4) is 0 Å². The molecule has 0 radical (unpaired) electrons. The number of rotatable bonds is 4. The SMILES string of the molecule is N#C/C=C/C1CCC([C@H]2CC[C@H](c3ccc(OC(F)(F)F)cc3)CC2)CC1. The number of nitrogens with zero attached hydrogens (tertiary/aromatic N) is 1. The number of allylic oxidation sites excluding steroid dienone is 2. The number of hydrogen-bond donors (Lipinski definition) is 0. The molecule has 0 bridgehead atoms. The van der Waals surface area contributed by atoms with Crippen molar-refractivity contribution in [2.45, 2.75) is 63.6 Å². The van der Waals surface area contributed by atoms with E-state index in [4.69, 9.17) is 5.26 Å². The maximum absolute atomic E-state index is 12.3. The molecule has 0 heterocycles. The van der Waals surface area contributed by atoms with E-state index < -0.39 is 6.36 Å². The van der Waals surface area contributed by atoms with Crippen molar-refractivity contribution >= 4 is 0 Å². The molecular weight excluding hydrogens is 351 g/mol. The van der Waals surface area contributed by atoms with Gasteiger partial charge in [0.1, 0.15) is 5.75 Å². The highest BCUT2D eigenvalue weighted by Gasteiger charge is 2.32. The lowest BCUT2D eigenvalue weighted by Crippen LogP contribution is -2.25. The minimum absolute atomic E-state index is 0.151. The van der Waals surface area contributed by atoms with Crippen molar-refractivity contribution in [3.05, 3.63) is 42.0 Å². The van der Waals surface area contributed by atoms with Gasteiger partial charge in [-0.25, -0.2) is 0 Å². The summed E-state index contributed by atoms with van der Waals surface area (Å²) in [4.78, 5) is 0. The Bertz CT molecular complexity index is 658. The van der Waals surface area contributed by atoms with Crippen LogP contribution in [0.25, 0.3) is 0 Å². The fraction of sp³-hybridized carbons (Fsp3) is 0.591. The van der Waals surface area contributed by atoms with Crippen LogP contribution in [0.1, 0.15) is 62.8 Å². The zero-order valence-corrected chi connectivity index (χ0v) is 15.4. The second-order valence-electron chi connectivity index (χ2n) is 7.89. The molecule has 0 unspecified atom stereocenters. The van der Waals surface area contributed by atoms with Crippen molar-refractivity contribution in [3.63, 3.8) is 0 Å². The number of ether oxygens (including phenoxy) is 1. The van der Waals surface area contributed by atoms with E-state index in [2.05, 4.69) is 16.9 Å². The first-order chi connectivity index (χ1) is 12.9. The van der Waals surface area contributed by atoms with Crippen LogP contribution in [0, 0.1) is 29.1 Å². The molecule has 0 amide bonds. The molecule has 0 aliphatic heterocycles. The van der Waals surface area contributed by atoms with E-state index in [9.17, 15) is 13.2 Å². The van der Waals surface area contributed by atoms with Crippen LogP contribution in [-0.2, 0) is 0 Å². The van der Waals surface area contributed by atoms with E-state index >= 15 is 0 Å². The van der Waals surface area contributed by atoms with Gasteiger partial charge in [-0.2, -0.15) is 5.26 Å². The lowest BCUT2D eigenvalue weighted by atomic mass is 9.68. The van der Waals surface area contributed by atoms with Crippen LogP contribution in [0.4, 0.5) is 13.2 Å². The van der Waals surface area contributed by atoms with Crippen molar-refractivity contribution in [2.24, 2.45) is 17.8 Å². The van der Waals surface area contributed by atoms with E-state index in [1.54, 1.807) is 18.2 Å². The van der Waals surface area contributed by atoms with Gasteiger partial charge < -0.3 is 4.74 Å². The second kappa shape index (κ2) is 8.82. The van der Waals surface area contributed by atoms with Crippen LogP contribution < -0.4 is 4.74 Å². The van der Waals surface area contributed by atoms with Crippen LogP contribution in [0.2, 0.25) is 0 Å². The van der Waals surface area contributed by atoms with Gasteiger partial charge in [0, 0.05) is 6.08 Å². The smallest absolute Gasteiger partial charge is 0.406 e. The molecular formula is C22H26F3NO. The molecule has 2 aliphatic carbocycles. The summed E-state index contributed by atoms with van der Waals surface area (Å²) in [6, 6.07) is 8.48. The third-order valence-corrected chi connectivity index (χ3v) is 6.28. The first kappa shape index (κ1) is 19.8. The Morgan fingerprint density at radius 2 is 1.44 bits per heavy atom. The average Bonchev–Trinajstić information content (AvgIpc) is 2.66. The summed E-state index contributed by atoms with van der Waals surface area (Å²) in [6.07, 6.45) is 8.52. The molecule has 2 aliphatic rings. The average molecular weight is 377 g/mol. The molecule has 1 aromatic rings. The summed E-state index contributed by atoms with van der Waals surface area (Å²) in [6.45, 7) is 0. The number of benzene rings is 1. The second-order valence-corrected chi connectivity index (χ2v) is 7.89. The van der Waals surface area contributed by atoms with Crippen LogP contribution >= 0.6 is 0 Å². The molecule has 3 rings (SSSR count). The Kier molecular flexibility index (Phi) is 6.46. The topological polar surface area (TPSA) is 33.0 Å². The predicted molar refractivity (Wildman–Crippen MR) is 98.0 cm³/mol. The predicted octanol–water partition coefficient (Wildman–Crippen LogP) is 6.75. The summed E-state index contributed by atoms with van der Waals surface area (Å²) in [5.74, 6) is 2.42. The van der Waals surface area contributed by atoms with E-state index in [1.165, 1.54) is 50.7 Å². The number of alkyl halides is 3. The Labute approximate surface area is 159 Å². The summed E-state index contributed by atoms with van der Waals surface area (Å²) in [5.41, 5.74) is 1.12. The fourth-order valence-corrected chi connectivity index (χ4v) is 4.85. The molecule has 0 saturated heterocycles. The van der Waals surface area contributed by atoms with Gasteiger partial charge in [-0.1, -0.05) is 18.2 Å². The summed E-state index contributed by atoms with van der Waals surface area (Å²) >= 11 is 0. The Morgan fingerprint density at radius 1 is 0.889 bits per heavy atom. The van der Waals surface area contributed by atoms with Gasteiger partial charge in [0.2, 0.25) is 0 Å². The molecule has 0 aromatic heterocycles. The number of nitriles is 1. The largest absolute Gasteiger partial charge is 0.573 e. The van der Waals surface area contributed by atoms with Crippen LogP contribution in [0.15, 0.2) is 36.4 Å². The van der Waals surface area contributed by atoms with Gasteiger partial charge >= 0.3 is 6.36 Å². The van der Waals surface area contributed by atoms with Gasteiger partial charge in [-0.3, -0.25) is 0 Å². The lowest BCUT2D eigenvalue weighted by Gasteiger charge is -2.37. The van der Waals surface area contributed by atoms with E-state index in [0.29, 0.717) is 11.8 Å². The highest BCUT2D eigenvalue weighted by Crippen LogP contribution is 2.44. The molecule has 2 saturated carbocycles.